The van der Waals surface area contributed by atoms with E-state index in [1.165, 1.54) is 26.4 Å². The maximum absolute atomic E-state index is 12.2. The second-order valence-electron chi connectivity index (χ2n) is 5.74. The number of rotatable bonds is 4. The first-order chi connectivity index (χ1) is 10.5. The van der Waals surface area contributed by atoms with Crippen LogP contribution in [-0.4, -0.2) is 37.1 Å². The Balaban J connectivity index is 1.89. The minimum atomic E-state index is -0.432. The molecular weight excluding hydrogens is 284 g/mol. The molecule has 2 amide bonds. The Morgan fingerprint density at radius 1 is 1.36 bits per heavy atom. The summed E-state index contributed by atoms with van der Waals surface area (Å²) in [5.74, 6) is 0.609. The van der Waals surface area contributed by atoms with Crippen molar-refractivity contribution in [1.29, 1.82) is 0 Å². The summed E-state index contributed by atoms with van der Waals surface area (Å²) >= 11 is 0. The highest BCUT2D eigenvalue weighted by molar-refractivity contribution is 5.90. The van der Waals surface area contributed by atoms with Crippen LogP contribution in [0.1, 0.15) is 54.0 Å². The van der Waals surface area contributed by atoms with Crippen molar-refractivity contribution in [3.8, 4) is 0 Å². The van der Waals surface area contributed by atoms with Crippen molar-refractivity contribution < 1.29 is 18.7 Å². The molecule has 0 aliphatic heterocycles. The Kier molecular flexibility index (Phi) is 5.46. The van der Waals surface area contributed by atoms with E-state index >= 15 is 0 Å². The van der Waals surface area contributed by atoms with Gasteiger partial charge in [0.05, 0.1) is 13.7 Å². The molecule has 1 saturated carbocycles. The fourth-order valence-electron chi connectivity index (χ4n) is 2.87. The average molecular weight is 308 g/mol. The molecular formula is C16H24N2O4. The van der Waals surface area contributed by atoms with E-state index in [-0.39, 0.29) is 12.6 Å². The zero-order valence-electron chi connectivity index (χ0n) is 13.5. The number of urea groups is 1. The van der Waals surface area contributed by atoms with Crippen molar-refractivity contribution in [3.05, 3.63) is 23.2 Å². The van der Waals surface area contributed by atoms with Gasteiger partial charge in [-0.3, -0.25) is 0 Å². The number of hydrogen-bond acceptors (Lipinski definition) is 4. The van der Waals surface area contributed by atoms with Gasteiger partial charge in [-0.2, -0.15) is 0 Å². The molecule has 0 unspecified atom stereocenters. The van der Waals surface area contributed by atoms with E-state index in [2.05, 4.69) is 10.1 Å². The van der Waals surface area contributed by atoms with Crippen LogP contribution in [-0.2, 0) is 11.3 Å². The van der Waals surface area contributed by atoms with Gasteiger partial charge < -0.3 is 19.4 Å². The fraction of sp³-hybridized carbons (Fsp3) is 0.625. The van der Waals surface area contributed by atoms with Crippen LogP contribution < -0.4 is 5.32 Å². The SMILES string of the molecule is COC(=O)c1cc(CNC(=O)N(C)C2CCCCC2)oc1C. The smallest absolute Gasteiger partial charge is 0.341 e. The number of carbonyl (C=O) groups excluding carboxylic acids is 2. The molecule has 122 valence electrons. The highest BCUT2D eigenvalue weighted by Gasteiger charge is 2.22. The number of amides is 2. The van der Waals surface area contributed by atoms with Gasteiger partial charge >= 0.3 is 12.0 Å². The van der Waals surface area contributed by atoms with Crippen LogP contribution in [0.5, 0.6) is 0 Å². The maximum Gasteiger partial charge on any atom is 0.341 e. The summed E-state index contributed by atoms with van der Waals surface area (Å²) in [5, 5.41) is 2.83. The van der Waals surface area contributed by atoms with Crippen LogP contribution in [0.3, 0.4) is 0 Å². The van der Waals surface area contributed by atoms with Gasteiger partial charge in [0.15, 0.2) is 0 Å². The summed E-state index contributed by atoms with van der Waals surface area (Å²) in [7, 11) is 3.16. The summed E-state index contributed by atoms with van der Waals surface area (Å²) in [6.07, 6.45) is 5.75. The summed E-state index contributed by atoms with van der Waals surface area (Å²) in [5.41, 5.74) is 0.396. The highest BCUT2D eigenvalue weighted by Crippen LogP contribution is 2.21. The molecule has 0 aromatic carbocycles. The molecule has 0 atom stereocenters. The van der Waals surface area contributed by atoms with E-state index in [9.17, 15) is 9.59 Å². The number of aryl methyl sites for hydroxylation is 1. The number of furan rings is 1. The van der Waals surface area contributed by atoms with Crippen molar-refractivity contribution in [1.82, 2.24) is 10.2 Å². The van der Waals surface area contributed by atoms with Crippen molar-refractivity contribution in [2.45, 2.75) is 51.6 Å². The third-order valence-electron chi connectivity index (χ3n) is 4.23. The van der Waals surface area contributed by atoms with Crippen LogP contribution in [0.4, 0.5) is 4.79 Å². The van der Waals surface area contributed by atoms with E-state index in [0.29, 0.717) is 23.1 Å². The number of nitrogens with zero attached hydrogens (tertiary/aromatic N) is 1. The number of methoxy groups -OCH3 is 1. The molecule has 0 radical (unpaired) electrons. The van der Waals surface area contributed by atoms with Gasteiger partial charge in [0.2, 0.25) is 0 Å². The first-order valence-corrected chi connectivity index (χ1v) is 7.71. The molecule has 22 heavy (non-hydrogen) atoms. The molecule has 1 aromatic heterocycles. The maximum atomic E-state index is 12.2. The Morgan fingerprint density at radius 3 is 2.68 bits per heavy atom. The van der Waals surface area contributed by atoms with Gasteiger partial charge in [-0.05, 0) is 25.8 Å². The van der Waals surface area contributed by atoms with E-state index in [1.807, 2.05) is 7.05 Å². The van der Waals surface area contributed by atoms with Crippen molar-refractivity contribution in [2.75, 3.05) is 14.2 Å². The van der Waals surface area contributed by atoms with Crippen LogP contribution >= 0.6 is 0 Å². The number of nitrogens with one attached hydrogen (secondary N) is 1. The Morgan fingerprint density at radius 2 is 2.05 bits per heavy atom. The molecule has 2 rings (SSSR count). The number of hydrogen-bond donors (Lipinski definition) is 1. The Bertz CT molecular complexity index is 532. The summed E-state index contributed by atoms with van der Waals surface area (Å²) in [6, 6.07) is 1.82. The molecule has 1 aliphatic carbocycles. The molecule has 1 aromatic rings. The minimum Gasteiger partial charge on any atom is -0.465 e. The lowest BCUT2D eigenvalue weighted by molar-refractivity contribution is 0.0598. The van der Waals surface area contributed by atoms with Gasteiger partial charge in [-0.25, -0.2) is 9.59 Å². The Hall–Kier alpha value is -1.98. The van der Waals surface area contributed by atoms with E-state index in [4.69, 9.17) is 4.42 Å². The summed E-state index contributed by atoms with van der Waals surface area (Å²) in [4.78, 5) is 25.5. The van der Waals surface area contributed by atoms with Gasteiger partial charge in [0.25, 0.3) is 0 Å². The zero-order chi connectivity index (χ0) is 16.1. The number of carbonyl (C=O) groups is 2. The van der Waals surface area contributed by atoms with Gasteiger partial charge in [-0.1, -0.05) is 19.3 Å². The van der Waals surface area contributed by atoms with E-state index in [1.54, 1.807) is 17.9 Å². The summed E-state index contributed by atoms with van der Waals surface area (Å²) in [6.45, 7) is 1.96. The van der Waals surface area contributed by atoms with Gasteiger partial charge in [0.1, 0.15) is 17.1 Å². The topological polar surface area (TPSA) is 71.8 Å². The average Bonchev–Trinajstić information content (AvgIpc) is 2.92. The lowest BCUT2D eigenvalue weighted by atomic mass is 9.95. The molecule has 6 nitrogen and oxygen atoms in total. The third kappa shape index (κ3) is 3.81. The van der Waals surface area contributed by atoms with Crippen molar-refractivity contribution in [3.63, 3.8) is 0 Å². The molecule has 6 heteroatoms. The van der Waals surface area contributed by atoms with Crippen LogP contribution in [0.25, 0.3) is 0 Å². The number of esters is 1. The first-order valence-electron chi connectivity index (χ1n) is 7.71. The predicted octanol–water partition coefficient (Wildman–Crippen LogP) is 2.85. The normalized spacial score (nSPS) is 15.4. The number of ether oxygens (including phenoxy) is 1. The molecule has 0 saturated heterocycles. The third-order valence-corrected chi connectivity index (χ3v) is 4.23. The molecule has 1 heterocycles. The molecule has 0 spiro atoms. The quantitative estimate of drug-likeness (QED) is 0.868. The van der Waals surface area contributed by atoms with E-state index < -0.39 is 5.97 Å². The van der Waals surface area contributed by atoms with Crippen LogP contribution in [0, 0.1) is 6.92 Å². The second-order valence-corrected chi connectivity index (χ2v) is 5.74. The van der Waals surface area contributed by atoms with Gasteiger partial charge in [0, 0.05) is 13.1 Å². The highest BCUT2D eigenvalue weighted by atomic mass is 16.5. The second kappa shape index (κ2) is 7.33. The minimum absolute atomic E-state index is 0.111. The molecule has 0 bridgehead atoms. The first kappa shape index (κ1) is 16.4. The molecule has 1 N–H and O–H groups in total. The zero-order valence-corrected chi connectivity index (χ0v) is 13.5. The van der Waals surface area contributed by atoms with Crippen LogP contribution in [0.15, 0.2) is 10.5 Å². The van der Waals surface area contributed by atoms with Crippen molar-refractivity contribution in [2.24, 2.45) is 0 Å². The lowest BCUT2D eigenvalue weighted by Crippen LogP contribution is -2.44. The fourth-order valence-corrected chi connectivity index (χ4v) is 2.87. The predicted molar refractivity (Wildman–Crippen MR) is 81.7 cm³/mol. The summed E-state index contributed by atoms with van der Waals surface area (Å²) < 4.78 is 10.2. The Labute approximate surface area is 130 Å². The van der Waals surface area contributed by atoms with E-state index in [0.717, 1.165) is 12.8 Å². The molecule has 1 fully saturated rings. The van der Waals surface area contributed by atoms with Gasteiger partial charge in [-0.15, -0.1) is 0 Å². The lowest BCUT2D eigenvalue weighted by Gasteiger charge is -2.31. The standard InChI is InChI=1S/C16H24N2O4/c1-11-14(15(19)21-3)9-13(22-11)10-17-16(20)18(2)12-7-5-4-6-8-12/h9,12H,4-8,10H2,1-3H3,(H,17,20). The monoisotopic (exact) mass is 308 g/mol. The molecule has 1 aliphatic rings. The van der Waals surface area contributed by atoms with Crippen LogP contribution in [0.2, 0.25) is 0 Å². The largest absolute Gasteiger partial charge is 0.465 e. The van der Waals surface area contributed by atoms with Crippen molar-refractivity contribution >= 4 is 12.0 Å².